The summed E-state index contributed by atoms with van der Waals surface area (Å²) in [7, 11) is 5.01. The zero-order chi connectivity index (χ0) is 33.1. The molecular weight excluding hydrogens is 901 g/mol. The van der Waals surface area contributed by atoms with Gasteiger partial charge in [0.25, 0.3) is 0 Å². The molecule has 2 N–H and O–H groups in total. The molecule has 0 unspecified atom stereocenters. The molecule has 0 atom stereocenters. The summed E-state index contributed by atoms with van der Waals surface area (Å²) in [6.45, 7) is 5.68. The fraction of sp³-hybridized carbons (Fsp3) is 0.105. The van der Waals surface area contributed by atoms with Gasteiger partial charge in [0.05, 0.1) is 0 Å². The second-order valence-electron chi connectivity index (χ2n) is 11.2. The average Bonchev–Trinajstić information content (AvgIpc) is 3.60. The van der Waals surface area contributed by atoms with Crippen LogP contribution in [0.5, 0.6) is 0 Å². The van der Waals surface area contributed by atoms with Gasteiger partial charge in [0, 0.05) is 45.3 Å². The maximum atomic E-state index is 7.61. The summed E-state index contributed by atoms with van der Waals surface area (Å²) >= 11 is 4.69. The van der Waals surface area contributed by atoms with Crippen molar-refractivity contribution in [2.45, 2.75) is 13.2 Å². The number of para-hydroxylation sites is 4. The van der Waals surface area contributed by atoms with Crippen LogP contribution in [-0.4, -0.2) is 30.6 Å². The molecule has 0 spiro atoms. The number of hydrogen-bond donors (Lipinski definition) is 2. The van der Waals surface area contributed by atoms with Crippen LogP contribution >= 0.6 is 39.5 Å². The first-order valence-corrected chi connectivity index (χ1v) is 24.7. The monoisotopic (exact) mass is 935 g/mol. The molecule has 2 heterocycles. The van der Waals surface area contributed by atoms with Gasteiger partial charge in [0.1, 0.15) is 6.29 Å². The molecule has 0 fully saturated rings. The average molecular weight is 935 g/mol. The molecule has 8 rings (SSSR count). The van der Waals surface area contributed by atoms with Crippen molar-refractivity contribution in [3.63, 3.8) is 0 Å². The SMILES string of the molecule is CC(O)O.CN1[CH-]N(c2ccc3ccccc3c2-c2c(N3[CH-]N(C)c4ccccc43)ccc3ccccc23)c2ccccc21.[I][Rh][I]. The Bertz CT molecular complexity index is 1880. The Labute approximate surface area is 305 Å². The Kier molecular flexibility index (Phi) is 10.9. The Morgan fingerprint density at radius 3 is 1.21 bits per heavy atom. The molecule has 6 nitrogen and oxygen atoms in total. The van der Waals surface area contributed by atoms with E-state index in [-0.39, 0.29) is 0 Å². The number of rotatable bonds is 3. The number of hydrogen-bond acceptors (Lipinski definition) is 6. The number of halogens is 2. The predicted octanol–water partition coefficient (Wildman–Crippen LogP) is 10.2. The van der Waals surface area contributed by atoms with E-state index in [0.717, 1.165) is 21.5 Å². The van der Waals surface area contributed by atoms with Gasteiger partial charge in [0.2, 0.25) is 0 Å². The van der Waals surface area contributed by atoms with E-state index < -0.39 is 6.29 Å². The van der Waals surface area contributed by atoms with Crippen LogP contribution in [0.4, 0.5) is 34.1 Å². The van der Waals surface area contributed by atoms with Crippen molar-refractivity contribution >= 4 is 95.2 Å². The first kappa shape index (κ1) is 33.9. The van der Waals surface area contributed by atoms with Gasteiger partial charge in [-0.25, -0.2) is 0 Å². The van der Waals surface area contributed by atoms with E-state index >= 15 is 0 Å². The fourth-order valence-electron chi connectivity index (χ4n) is 6.36. The summed E-state index contributed by atoms with van der Waals surface area (Å²) in [5, 5.41) is 20.1. The zero-order valence-corrected chi connectivity index (χ0v) is 32.0. The maximum absolute atomic E-state index is 7.61. The van der Waals surface area contributed by atoms with Gasteiger partial charge < -0.3 is 29.8 Å². The predicted molar refractivity (Wildman–Crippen MR) is 211 cm³/mol. The molecule has 0 radical (unpaired) electrons. The molecule has 47 heavy (non-hydrogen) atoms. The third-order valence-electron chi connectivity index (χ3n) is 8.20. The summed E-state index contributed by atoms with van der Waals surface area (Å²) in [5.41, 5.74) is 9.54. The second-order valence-corrected chi connectivity index (χ2v) is 23.8. The van der Waals surface area contributed by atoms with Crippen molar-refractivity contribution in [1.82, 2.24) is 0 Å². The Hall–Kier alpha value is -2.96. The van der Waals surface area contributed by atoms with Crippen molar-refractivity contribution < 1.29 is 20.3 Å². The molecule has 2 aliphatic heterocycles. The van der Waals surface area contributed by atoms with Crippen molar-refractivity contribution in [2.75, 3.05) is 33.7 Å². The van der Waals surface area contributed by atoms with Crippen LogP contribution in [-0.2, 0) is 10.1 Å². The van der Waals surface area contributed by atoms with E-state index in [9.17, 15) is 0 Å². The number of aliphatic hydroxyl groups excluding tert-OH is 1. The summed E-state index contributed by atoms with van der Waals surface area (Å²) in [5.74, 6) is 0. The quantitative estimate of drug-likeness (QED) is 0.0798. The number of benzene rings is 6. The van der Waals surface area contributed by atoms with E-state index in [1.165, 1.54) is 62.3 Å². The molecule has 6 aromatic carbocycles. The van der Waals surface area contributed by atoms with E-state index in [2.05, 4.69) is 208 Å². The van der Waals surface area contributed by atoms with Crippen molar-refractivity contribution in [2.24, 2.45) is 0 Å². The number of fused-ring (bicyclic) bond motifs is 4. The molecule has 6 aromatic rings. The number of aliphatic hydroxyl groups is 2. The molecule has 0 aromatic heterocycles. The van der Waals surface area contributed by atoms with E-state index in [1.807, 2.05) is 0 Å². The fourth-order valence-corrected chi connectivity index (χ4v) is 6.36. The number of nitrogens with zero attached hydrogens (tertiary/aromatic N) is 4. The van der Waals surface area contributed by atoms with Gasteiger partial charge in [-0.2, -0.15) is 13.3 Å². The normalized spacial score (nSPS) is 13.4. The van der Waals surface area contributed by atoms with Crippen LogP contribution in [0.1, 0.15) is 6.92 Å². The van der Waals surface area contributed by atoms with Crippen molar-refractivity contribution in [3.8, 4) is 11.1 Å². The standard InChI is InChI=1S/C36H28N4.C2H6O2.2HI.Rh/c1-37-23-39(31-17-9-7-15-29(31)37)33-21-19-25-11-3-5-13-27(25)35(33)36-28-14-6-4-12-26(28)20-22-34(36)40-24-38(2)30-16-8-10-18-32(30)40;1-2(3)4;;;/h3-24H,1-2H3;2-4H,1H3;2*1H;/q-2;;;;+2/p-2. The summed E-state index contributed by atoms with van der Waals surface area (Å²) < 4.78 is 0. The Balaban J connectivity index is 0.000000507. The van der Waals surface area contributed by atoms with Gasteiger partial charge >= 0.3 is 49.6 Å². The third kappa shape index (κ3) is 6.83. The second kappa shape index (κ2) is 15.1. The van der Waals surface area contributed by atoms with Gasteiger partial charge in [0.15, 0.2) is 0 Å². The van der Waals surface area contributed by atoms with Crippen LogP contribution in [0.15, 0.2) is 121 Å². The molecule has 0 saturated carbocycles. The molecule has 9 heteroatoms. The zero-order valence-electron chi connectivity index (χ0n) is 26.1. The first-order valence-electron chi connectivity index (χ1n) is 15.0. The molecular formula is C38H34I2N4O2Rh-2. The molecule has 0 saturated heterocycles. The van der Waals surface area contributed by atoms with E-state index in [1.54, 1.807) is 0 Å². The molecule has 2 aliphatic rings. The van der Waals surface area contributed by atoms with Crippen LogP contribution < -0.4 is 19.6 Å². The molecule has 243 valence electrons. The van der Waals surface area contributed by atoms with Gasteiger partial charge in [-0.1, -0.05) is 84.9 Å². The van der Waals surface area contributed by atoms with E-state index in [0.29, 0.717) is 0 Å². The topological polar surface area (TPSA) is 53.4 Å². The van der Waals surface area contributed by atoms with Gasteiger partial charge in [-0.3, -0.25) is 0 Å². The van der Waals surface area contributed by atoms with Crippen LogP contribution in [0, 0.1) is 13.3 Å². The van der Waals surface area contributed by atoms with Crippen molar-refractivity contribution in [1.29, 1.82) is 0 Å². The van der Waals surface area contributed by atoms with Crippen LogP contribution in [0.25, 0.3) is 32.7 Å². The van der Waals surface area contributed by atoms with E-state index in [4.69, 9.17) is 10.2 Å². The van der Waals surface area contributed by atoms with Crippen LogP contribution in [0.3, 0.4) is 0 Å². The first-order chi connectivity index (χ1) is 22.8. The van der Waals surface area contributed by atoms with Crippen molar-refractivity contribution in [3.05, 3.63) is 135 Å². The minimum atomic E-state index is -1.17. The van der Waals surface area contributed by atoms with Gasteiger partial charge in [-0.05, 0) is 79.0 Å². The minimum absolute atomic E-state index is 0.770. The Morgan fingerprint density at radius 1 is 0.511 bits per heavy atom. The van der Waals surface area contributed by atoms with Crippen LogP contribution in [0.2, 0.25) is 0 Å². The molecule has 0 aliphatic carbocycles. The molecule has 0 bridgehead atoms. The van der Waals surface area contributed by atoms with Gasteiger partial charge in [-0.15, -0.1) is 0 Å². The summed E-state index contributed by atoms with van der Waals surface area (Å²) in [6, 6.07) is 43.8. The summed E-state index contributed by atoms with van der Waals surface area (Å²) in [4.78, 5) is 9.10. The summed E-state index contributed by atoms with van der Waals surface area (Å²) in [6.07, 6.45) is -1.17. The third-order valence-corrected chi connectivity index (χ3v) is 8.20. The Morgan fingerprint density at radius 2 is 0.830 bits per heavy atom. The number of anilines is 6. The molecule has 0 amide bonds.